The van der Waals surface area contributed by atoms with Crippen LogP contribution in [-0.4, -0.2) is 35.1 Å². The SMILES string of the molecule is CCc1ccc(C(=O)NNC(=O)CCCN2C(=O)c3ccccc3C2=O)cc1. The number of rotatable bonds is 6. The Kier molecular flexibility index (Phi) is 5.84. The minimum Gasteiger partial charge on any atom is -0.274 e. The third-order valence-electron chi connectivity index (χ3n) is 4.60. The second-order valence-electron chi connectivity index (χ2n) is 6.46. The molecule has 2 aromatic carbocycles. The second-order valence-corrected chi connectivity index (χ2v) is 6.46. The van der Waals surface area contributed by atoms with E-state index in [2.05, 4.69) is 10.9 Å². The number of benzene rings is 2. The number of amides is 4. The first-order valence-electron chi connectivity index (χ1n) is 9.14. The Labute approximate surface area is 162 Å². The van der Waals surface area contributed by atoms with Gasteiger partial charge in [-0.05, 0) is 42.7 Å². The zero-order valence-electron chi connectivity index (χ0n) is 15.5. The molecular formula is C21H21N3O4. The summed E-state index contributed by atoms with van der Waals surface area (Å²) in [6.45, 7) is 2.17. The van der Waals surface area contributed by atoms with Crippen LogP contribution in [0.3, 0.4) is 0 Å². The van der Waals surface area contributed by atoms with Gasteiger partial charge in [-0.15, -0.1) is 0 Å². The van der Waals surface area contributed by atoms with E-state index in [0.717, 1.165) is 16.9 Å². The number of nitrogens with zero attached hydrogens (tertiary/aromatic N) is 1. The van der Waals surface area contributed by atoms with Crippen molar-refractivity contribution in [3.8, 4) is 0 Å². The first-order chi connectivity index (χ1) is 13.5. The Hall–Kier alpha value is -3.48. The quantitative estimate of drug-likeness (QED) is 0.593. The molecule has 1 aliphatic heterocycles. The molecule has 7 nitrogen and oxygen atoms in total. The fourth-order valence-corrected chi connectivity index (χ4v) is 2.99. The van der Waals surface area contributed by atoms with Gasteiger partial charge in [0.25, 0.3) is 17.7 Å². The number of hydrogen-bond acceptors (Lipinski definition) is 4. The van der Waals surface area contributed by atoms with Crippen molar-refractivity contribution in [2.24, 2.45) is 0 Å². The zero-order valence-corrected chi connectivity index (χ0v) is 15.5. The molecule has 0 saturated heterocycles. The smallest absolute Gasteiger partial charge is 0.269 e. The Bertz CT molecular complexity index is 887. The Morgan fingerprint density at radius 2 is 1.50 bits per heavy atom. The summed E-state index contributed by atoms with van der Waals surface area (Å²) in [6.07, 6.45) is 1.26. The summed E-state index contributed by atoms with van der Waals surface area (Å²) >= 11 is 0. The van der Waals surface area contributed by atoms with E-state index in [1.807, 2.05) is 19.1 Å². The Morgan fingerprint density at radius 1 is 0.893 bits per heavy atom. The average Bonchev–Trinajstić information content (AvgIpc) is 2.97. The highest BCUT2D eigenvalue weighted by Crippen LogP contribution is 2.22. The molecule has 0 fully saturated rings. The van der Waals surface area contributed by atoms with E-state index in [9.17, 15) is 19.2 Å². The first kappa shape index (κ1) is 19.3. The van der Waals surface area contributed by atoms with Crippen LogP contribution >= 0.6 is 0 Å². The van der Waals surface area contributed by atoms with E-state index in [1.165, 1.54) is 0 Å². The van der Waals surface area contributed by atoms with E-state index < -0.39 is 11.8 Å². The van der Waals surface area contributed by atoms with Crippen LogP contribution in [0.25, 0.3) is 0 Å². The number of fused-ring (bicyclic) bond motifs is 1. The van der Waals surface area contributed by atoms with E-state index in [4.69, 9.17) is 0 Å². The van der Waals surface area contributed by atoms with Gasteiger partial charge in [0.2, 0.25) is 5.91 Å². The molecule has 2 aromatic rings. The van der Waals surface area contributed by atoms with Crippen molar-refractivity contribution in [2.75, 3.05) is 6.54 Å². The van der Waals surface area contributed by atoms with Crippen LogP contribution in [0, 0.1) is 0 Å². The van der Waals surface area contributed by atoms with Crippen molar-refractivity contribution in [1.82, 2.24) is 15.8 Å². The van der Waals surface area contributed by atoms with Crippen molar-refractivity contribution in [1.29, 1.82) is 0 Å². The molecule has 0 radical (unpaired) electrons. The predicted molar refractivity (Wildman–Crippen MR) is 102 cm³/mol. The number of imide groups is 1. The molecular weight excluding hydrogens is 358 g/mol. The summed E-state index contributed by atoms with van der Waals surface area (Å²) in [5, 5.41) is 0. The molecule has 2 N–H and O–H groups in total. The fourth-order valence-electron chi connectivity index (χ4n) is 2.99. The number of carbonyl (C=O) groups is 4. The fraction of sp³-hybridized carbons (Fsp3) is 0.238. The summed E-state index contributed by atoms with van der Waals surface area (Å²) < 4.78 is 0. The average molecular weight is 379 g/mol. The molecule has 0 atom stereocenters. The van der Waals surface area contributed by atoms with E-state index in [-0.39, 0.29) is 24.8 Å². The maximum absolute atomic E-state index is 12.2. The molecule has 0 bridgehead atoms. The predicted octanol–water partition coefficient (Wildman–Crippen LogP) is 2.09. The molecule has 3 rings (SSSR count). The van der Waals surface area contributed by atoms with Crippen LogP contribution in [0.2, 0.25) is 0 Å². The number of hydrazine groups is 1. The molecule has 7 heteroatoms. The maximum atomic E-state index is 12.2. The minimum absolute atomic E-state index is 0.0719. The number of aryl methyl sites for hydroxylation is 1. The van der Waals surface area contributed by atoms with E-state index >= 15 is 0 Å². The summed E-state index contributed by atoms with van der Waals surface area (Å²) in [5.74, 6) is -1.49. The molecule has 144 valence electrons. The first-order valence-corrected chi connectivity index (χ1v) is 9.14. The summed E-state index contributed by atoms with van der Waals surface area (Å²) in [7, 11) is 0. The molecule has 4 amide bonds. The lowest BCUT2D eigenvalue weighted by Gasteiger charge is -2.13. The molecule has 0 aromatic heterocycles. The summed E-state index contributed by atoms with van der Waals surface area (Å²) in [6, 6.07) is 13.8. The van der Waals surface area contributed by atoms with Gasteiger partial charge in [0.15, 0.2) is 0 Å². The van der Waals surface area contributed by atoms with Crippen molar-refractivity contribution in [3.63, 3.8) is 0 Å². The van der Waals surface area contributed by atoms with Gasteiger partial charge < -0.3 is 0 Å². The Morgan fingerprint density at radius 3 is 2.07 bits per heavy atom. The van der Waals surface area contributed by atoms with Gasteiger partial charge in [-0.3, -0.25) is 34.9 Å². The highest BCUT2D eigenvalue weighted by atomic mass is 16.2. The second kappa shape index (κ2) is 8.47. The molecule has 1 aliphatic rings. The zero-order chi connectivity index (χ0) is 20.1. The van der Waals surface area contributed by atoms with Crippen molar-refractivity contribution < 1.29 is 19.2 Å². The maximum Gasteiger partial charge on any atom is 0.269 e. The van der Waals surface area contributed by atoms with Gasteiger partial charge in [0, 0.05) is 18.5 Å². The minimum atomic E-state index is -0.406. The number of nitrogens with one attached hydrogen (secondary N) is 2. The van der Waals surface area contributed by atoms with Gasteiger partial charge in [-0.2, -0.15) is 0 Å². The van der Waals surface area contributed by atoms with Crippen LogP contribution in [0.15, 0.2) is 48.5 Å². The van der Waals surface area contributed by atoms with Gasteiger partial charge in [-0.25, -0.2) is 0 Å². The van der Waals surface area contributed by atoms with Gasteiger partial charge in [0.05, 0.1) is 11.1 Å². The number of carbonyl (C=O) groups excluding carboxylic acids is 4. The lowest BCUT2D eigenvalue weighted by Crippen LogP contribution is -2.42. The van der Waals surface area contributed by atoms with Crippen molar-refractivity contribution in [3.05, 3.63) is 70.8 Å². The van der Waals surface area contributed by atoms with Crippen LogP contribution in [0.1, 0.15) is 56.4 Å². The molecule has 0 spiro atoms. The third-order valence-corrected chi connectivity index (χ3v) is 4.60. The molecule has 0 saturated carbocycles. The monoisotopic (exact) mass is 379 g/mol. The molecule has 0 aliphatic carbocycles. The van der Waals surface area contributed by atoms with Crippen LogP contribution in [-0.2, 0) is 11.2 Å². The largest absolute Gasteiger partial charge is 0.274 e. The van der Waals surface area contributed by atoms with Crippen molar-refractivity contribution >= 4 is 23.6 Å². The standard InChI is InChI=1S/C21H21N3O4/c1-2-14-9-11-15(12-10-14)19(26)23-22-18(25)8-5-13-24-20(27)16-6-3-4-7-17(16)21(24)28/h3-4,6-7,9-12H,2,5,8,13H2,1H3,(H,22,25)(H,23,26). The number of hydrogen-bond donors (Lipinski definition) is 2. The van der Waals surface area contributed by atoms with Crippen molar-refractivity contribution in [2.45, 2.75) is 26.2 Å². The van der Waals surface area contributed by atoms with E-state index in [0.29, 0.717) is 23.1 Å². The van der Waals surface area contributed by atoms with Crippen LogP contribution in [0.4, 0.5) is 0 Å². The topological polar surface area (TPSA) is 95.6 Å². The lowest BCUT2D eigenvalue weighted by molar-refractivity contribution is -0.122. The van der Waals surface area contributed by atoms with Gasteiger partial charge >= 0.3 is 0 Å². The third kappa shape index (κ3) is 4.09. The summed E-state index contributed by atoms with van der Waals surface area (Å²) in [4.78, 5) is 49.6. The molecule has 1 heterocycles. The highest BCUT2D eigenvalue weighted by Gasteiger charge is 2.34. The highest BCUT2D eigenvalue weighted by molar-refractivity contribution is 6.21. The molecule has 28 heavy (non-hydrogen) atoms. The Balaban J connectivity index is 1.43. The lowest BCUT2D eigenvalue weighted by atomic mass is 10.1. The normalized spacial score (nSPS) is 12.7. The van der Waals surface area contributed by atoms with Gasteiger partial charge in [0.1, 0.15) is 0 Å². The van der Waals surface area contributed by atoms with Crippen LogP contribution in [0.5, 0.6) is 0 Å². The summed E-state index contributed by atoms with van der Waals surface area (Å²) in [5.41, 5.74) is 7.05. The van der Waals surface area contributed by atoms with Gasteiger partial charge in [-0.1, -0.05) is 31.2 Å². The van der Waals surface area contributed by atoms with E-state index in [1.54, 1.807) is 36.4 Å². The molecule has 0 unspecified atom stereocenters. The van der Waals surface area contributed by atoms with Crippen LogP contribution < -0.4 is 10.9 Å².